The van der Waals surface area contributed by atoms with E-state index in [-0.39, 0.29) is 24.1 Å². The molecular weight excluding hydrogens is 403 g/mol. The van der Waals surface area contributed by atoms with Crippen molar-refractivity contribution in [2.45, 2.75) is 25.7 Å². The van der Waals surface area contributed by atoms with E-state index in [1.54, 1.807) is 6.07 Å². The van der Waals surface area contributed by atoms with Gasteiger partial charge in [-0.25, -0.2) is 9.37 Å². The van der Waals surface area contributed by atoms with Gasteiger partial charge < -0.3 is 9.80 Å². The number of hydrogen-bond donors (Lipinski definition) is 0. The van der Waals surface area contributed by atoms with Crippen LogP contribution in [0.15, 0.2) is 29.6 Å². The highest BCUT2D eigenvalue weighted by Gasteiger charge is 2.25. The summed E-state index contributed by atoms with van der Waals surface area (Å²) < 4.78 is 13.4. The number of thiazole rings is 1. The normalized spacial score (nSPS) is 17.9. The second kappa shape index (κ2) is 9.66. The van der Waals surface area contributed by atoms with E-state index in [9.17, 15) is 14.0 Å². The van der Waals surface area contributed by atoms with Crippen LogP contribution in [-0.2, 0) is 16.0 Å². The lowest BCUT2D eigenvalue weighted by Crippen LogP contribution is -2.52. The number of halogens is 1. The molecule has 0 atom stereocenters. The number of benzene rings is 1. The quantitative estimate of drug-likeness (QED) is 0.732. The number of amides is 2. The number of nitrogens with zero attached hydrogens (tertiary/aromatic N) is 4. The Balaban J connectivity index is 1.25. The number of hydrogen-bond acceptors (Lipinski definition) is 5. The maximum Gasteiger partial charge on any atom is 0.236 e. The van der Waals surface area contributed by atoms with Crippen LogP contribution in [0.1, 0.15) is 25.0 Å². The van der Waals surface area contributed by atoms with Crippen LogP contribution >= 0.6 is 11.3 Å². The molecule has 160 valence electrons. The number of rotatable bonds is 5. The summed E-state index contributed by atoms with van der Waals surface area (Å²) in [5.41, 5.74) is 1.44. The smallest absolute Gasteiger partial charge is 0.236 e. The lowest BCUT2D eigenvalue weighted by molar-refractivity contribution is -0.135. The van der Waals surface area contributed by atoms with Gasteiger partial charge in [-0.1, -0.05) is 12.1 Å². The molecule has 2 saturated heterocycles. The molecule has 0 aliphatic carbocycles. The van der Waals surface area contributed by atoms with Gasteiger partial charge in [0.1, 0.15) is 10.8 Å². The molecule has 2 aromatic rings. The monoisotopic (exact) mass is 430 g/mol. The minimum Gasteiger partial charge on any atom is -0.342 e. The fourth-order valence-corrected chi connectivity index (χ4v) is 4.82. The lowest BCUT2D eigenvalue weighted by Gasteiger charge is -2.36. The zero-order chi connectivity index (χ0) is 20.9. The fourth-order valence-electron chi connectivity index (χ4n) is 4.00. The Hall–Kier alpha value is -2.32. The molecule has 30 heavy (non-hydrogen) atoms. The van der Waals surface area contributed by atoms with Gasteiger partial charge in [-0.15, -0.1) is 11.3 Å². The third-order valence-corrected chi connectivity index (χ3v) is 6.69. The van der Waals surface area contributed by atoms with E-state index in [2.05, 4.69) is 9.88 Å². The lowest BCUT2D eigenvalue weighted by atomic mass is 10.1. The third kappa shape index (κ3) is 5.23. The average molecular weight is 431 g/mol. The highest BCUT2D eigenvalue weighted by atomic mass is 32.1. The minimum absolute atomic E-state index is 0.0492. The molecule has 2 aliphatic heterocycles. The molecule has 0 spiro atoms. The molecule has 2 fully saturated rings. The van der Waals surface area contributed by atoms with Crippen molar-refractivity contribution < 1.29 is 14.0 Å². The van der Waals surface area contributed by atoms with Crippen LogP contribution in [0.3, 0.4) is 0 Å². The molecule has 0 saturated carbocycles. The SMILES string of the molecule is O=C(Cc1csc(-c2cccc(F)c2)n1)N1CCN(CC(=O)N2CCCCC2)CC1. The molecule has 4 rings (SSSR count). The van der Waals surface area contributed by atoms with Crippen LogP contribution in [0.4, 0.5) is 4.39 Å². The first-order valence-corrected chi connectivity index (χ1v) is 11.4. The van der Waals surface area contributed by atoms with E-state index in [1.807, 2.05) is 21.2 Å². The topological polar surface area (TPSA) is 56.8 Å². The van der Waals surface area contributed by atoms with Crippen molar-refractivity contribution in [1.29, 1.82) is 0 Å². The number of carbonyl (C=O) groups is 2. The van der Waals surface area contributed by atoms with Crippen LogP contribution in [0.5, 0.6) is 0 Å². The van der Waals surface area contributed by atoms with Gasteiger partial charge in [0.05, 0.1) is 18.7 Å². The minimum atomic E-state index is -0.294. The van der Waals surface area contributed by atoms with Gasteiger partial charge in [0.2, 0.25) is 11.8 Å². The summed E-state index contributed by atoms with van der Waals surface area (Å²) in [4.78, 5) is 35.6. The Morgan fingerprint density at radius 3 is 2.43 bits per heavy atom. The van der Waals surface area contributed by atoms with Crippen LogP contribution in [0, 0.1) is 5.82 Å². The van der Waals surface area contributed by atoms with Gasteiger partial charge in [-0.3, -0.25) is 14.5 Å². The molecular formula is C22H27FN4O2S. The van der Waals surface area contributed by atoms with Crippen molar-refractivity contribution in [3.63, 3.8) is 0 Å². The van der Waals surface area contributed by atoms with Crippen molar-refractivity contribution in [2.24, 2.45) is 0 Å². The van der Waals surface area contributed by atoms with Gasteiger partial charge >= 0.3 is 0 Å². The Labute approximate surface area is 180 Å². The van der Waals surface area contributed by atoms with E-state index in [0.29, 0.717) is 25.3 Å². The predicted octanol–water partition coefficient (Wildman–Crippen LogP) is 2.65. The number of aromatic nitrogens is 1. The van der Waals surface area contributed by atoms with Crippen molar-refractivity contribution in [3.05, 3.63) is 41.2 Å². The van der Waals surface area contributed by atoms with E-state index < -0.39 is 0 Å². The van der Waals surface area contributed by atoms with Crippen molar-refractivity contribution in [3.8, 4) is 10.6 Å². The van der Waals surface area contributed by atoms with Gasteiger partial charge in [-0.2, -0.15) is 0 Å². The first-order valence-electron chi connectivity index (χ1n) is 10.6. The van der Waals surface area contributed by atoms with E-state index in [0.717, 1.165) is 49.6 Å². The molecule has 6 nitrogen and oxygen atoms in total. The largest absolute Gasteiger partial charge is 0.342 e. The highest BCUT2D eigenvalue weighted by molar-refractivity contribution is 7.13. The maximum absolute atomic E-state index is 13.4. The first kappa shape index (κ1) is 20.9. The predicted molar refractivity (Wildman–Crippen MR) is 115 cm³/mol. The summed E-state index contributed by atoms with van der Waals surface area (Å²) in [5, 5.41) is 2.59. The van der Waals surface area contributed by atoms with Crippen molar-refractivity contribution in [1.82, 2.24) is 19.7 Å². The van der Waals surface area contributed by atoms with Crippen LogP contribution in [0.25, 0.3) is 10.6 Å². The Morgan fingerprint density at radius 2 is 1.70 bits per heavy atom. The van der Waals surface area contributed by atoms with Crippen LogP contribution < -0.4 is 0 Å². The van der Waals surface area contributed by atoms with E-state index >= 15 is 0 Å². The highest BCUT2D eigenvalue weighted by Crippen LogP contribution is 2.24. The molecule has 0 bridgehead atoms. The summed E-state index contributed by atoms with van der Waals surface area (Å²) in [6, 6.07) is 6.33. The zero-order valence-corrected chi connectivity index (χ0v) is 17.9. The standard InChI is InChI=1S/C22H27FN4O2S/c23-18-6-4-5-17(13-18)22-24-19(16-30-22)14-20(28)27-11-9-25(10-12-27)15-21(29)26-7-2-1-3-8-26/h4-6,13,16H,1-3,7-12,14-15H2. The molecule has 0 radical (unpaired) electrons. The van der Waals surface area contributed by atoms with Gasteiger partial charge in [0, 0.05) is 50.2 Å². The van der Waals surface area contributed by atoms with Crippen molar-refractivity contribution >= 4 is 23.2 Å². The summed E-state index contributed by atoms with van der Waals surface area (Å²) in [6.07, 6.45) is 3.67. The summed E-state index contributed by atoms with van der Waals surface area (Å²) in [7, 11) is 0. The average Bonchev–Trinajstić information content (AvgIpc) is 3.23. The number of piperidine rings is 1. The van der Waals surface area contributed by atoms with Crippen LogP contribution in [-0.4, -0.2) is 77.3 Å². The van der Waals surface area contributed by atoms with Gasteiger partial charge in [0.15, 0.2) is 0 Å². The molecule has 0 N–H and O–H groups in total. The molecule has 2 amide bonds. The second-order valence-electron chi connectivity index (χ2n) is 7.93. The Morgan fingerprint density at radius 1 is 0.967 bits per heavy atom. The second-order valence-corrected chi connectivity index (χ2v) is 8.79. The summed E-state index contributed by atoms with van der Waals surface area (Å²) in [6.45, 7) is 4.91. The molecule has 8 heteroatoms. The number of piperazine rings is 1. The number of carbonyl (C=O) groups excluding carboxylic acids is 2. The Kier molecular flexibility index (Phi) is 6.74. The number of likely N-dealkylation sites (tertiary alicyclic amines) is 1. The summed E-state index contributed by atoms with van der Waals surface area (Å²) in [5.74, 6) is -0.0353. The molecule has 1 aromatic heterocycles. The van der Waals surface area contributed by atoms with Gasteiger partial charge in [-0.05, 0) is 31.4 Å². The fraction of sp³-hybridized carbons (Fsp3) is 0.500. The van der Waals surface area contributed by atoms with E-state index in [4.69, 9.17) is 0 Å². The van der Waals surface area contributed by atoms with Crippen LogP contribution in [0.2, 0.25) is 0 Å². The molecule has 1 aromatic carbocycles. The molecule has 2 aliphatic rings. The summed E-state index contributed by atoms with van der Waals surface area (Å²) >= 11 is 1.42. The zero-order valence-electron chi connectivity index (χ0n) is 17.1. The Bertz CT molecular complexity index is 889. The molecule has 0 unspecified atom stereocenters. The van der Waals surface area contributed by atoms with Crippen molar-refractivity contribution in [2.75, 3.05) is 45.8 Å². The maximum atomic E-state index is 13.4. The van der Waals surface area contributed by atoms with Gasteiger partial charge in [0.25, 0.3) is 0 Å². The van der Waals surface area contributed by atoms with E-state index in [1.165, 1.54) is 29.9 Å². The first-order chi connectivity index (χ1) is 14.6. The third-order valence-electron chi connectivity index (χ3n) is 5.75. The molecule has 3 heterocycles.